The average molecular weight is 429 g/mol. The number of aromatic nitrogens is 4. The number of nitrogens with zero attached hydrogens (tertiary/aromatic N) is 4. The quantitative estimate of drug-likeness (QED) is 0.561. The molecule has 0 aliphatic carbocycles. The lowest BCUT2D eigenvalue weighted by Crippen LogP contribution is -2.30. The summed E-state index contributed by atoms with van der Waals surface area (Å²) in [6, 6.07) is 7.39. The molecule has 2 heterocycles. The van der Waals surface area contributed by atoms with Crippen LogP contribution in [0.15, 0.2) is 29.2 Å². The number of aryl methyl sites for hydroxylation is 4. The maximum Gasteiger partial charge on any atom is 0.241 e. The molecule has 2 aromatic heterocycles. The van der Waals surface area contributed by atoms with Crippen molar-refractivity contribution in [2.45, 2.75) is 46.4 Å². The van der Waals surface area contributed by atoms with Crippen molar-refractivity contribution in [2.75, 3.05) is 18.4 Å². The summed E-state index contributed by atoms with van der Waals surface area (Å²) in [7, 11) is -3.58. The molecule has 30 heavy (non-hydrogen) atoms. The lowest BCUT2D eigenvalue weighted by atomic mass is 10.1. The van der Waals surface area contributed by atoms with Gasteiger partial charge in [-0.15, -0.1) is 10.2 Å². The molecule has 0 fully saturated rings. The molecule has 9 heteroatoms. The van der Waals surface area contributed by atoms with Crippen molar-refractivity contribution in [2.24, 2.45) is 0 Å². The van der Waals surface area contributed by atoms with E-state index in [2.05, 4.69) is 25.3 Å². The molecule has 3 rings (SSSR count). The Labute approximate surface area is 177 Å². The van der Waals surface area contributed by atoms with Crippen molar-refractivity contribution in [3.05, 3.63) is 57.9 Å². The molecule has 3 aromatic rings. The van der Waals surface area contributed by atoms with Crippen molar-refractivity contribution in [1.82, 2.24) is 24.7 Å². The molecule has 0 atom stereocenters. The Kier molecular flexibility index (Phi) is 6.23. The summed E-state index contributed by atoms with van der Waals surface area (Å²) in [5.41, 5.74) is 5.65. The van der Waals surface area contributed by atoms with Gasteiger partial charge in [0, 0.05) is 18.8 Å². The van der Waals surface area contributed by atoms with Gasteiger partial charge in [-0.1, -0.05) is 17.7 Å². The second kappa shape index (κ2) is 8.53. The Morgan fingerprint density at radius 3 is 2.13 bits per heavy atom. The molecule has 0 saturated heterocycles. The first-order valence-electron chi connectivity index (χ1n) is 9.78. The van der Waals surface area contributed by atoms with Gasteiger partial charge < -0.3 is 5.32 Å². The van der Waals surface area contributed by atoms with Gasteiger partial charge in [-0.25, -0.2) is 17.8 Å². The molecule has 0 spiro atoms. The summed E-state index contributed by atoms with van der Waals surface area (Å²) < 4.78 is 29.8. The second-order valence-corrected chi connectivity index (χ2v) is 9.24. The van der Waals surface area contributed by atoms with E-state index in [4.69, 9.17) is 0 Å². The van der Waals surface area contributed by atoms with E-state index in [9.17, 15) is 8.42 Å². The monoisotopic (exact) mass is 428 g/mol. The van der Waals surface area contributed by atoms with Gasteiger partial charge in [-0.2, -0.15) is 5.10 Å². The third-order valence-corrected chi connectivity index (χ3v) is 6.88. The fourth-order valence-electron chi connectivity index (χ4n) is 3.51. The Bertz CT molecular complexity index is 1140. The molecule has 0 saturated carbocycles. The van der Waals surface area contributed by atoms with Crippen LogP contribution in [-0.2, 0) is 10.0 Å². The van der Waals surface area contributed by atoms with Crippen LogP contribution >= 0.6 is 0 Å². The molecule has 160 valence electrons. The minimum Gasteiger partial charge on any atom is -0.367 e. The van der Waals surface area contributed by atoms with Gasteiger partial charge in [0.25, 0.3) is 0 Å². The Hall–Kier alpha value is -2.78. The number of nitrogens with one attached hydrogen (secondary N) is 2. The van der Waals surface area contributed by atoms with E-state index < -0.39 is 10.0 Å². The standard InChI is InChI=1S/C21H28N6O2S/c1-13-11-14(2)21(15(3)12-13)30(28,29)23-10-9-22-19-7-8-20(25-24-19)27-18(6)16(4)17(5)26-27/h7-8,11-12,23H,9-10H2,1-6H3,(H,22,24). The molecule has 1 aromatic carbocycles. The highest BCUT2D eigenvalue weighted by molar-refractivity contribution is 7.89. The number of benzene rings is 1. The smallest absolute Gasteiger partial charge is 0.241 e. The highest BCUT2D eigenvalue weighted by Crippen LogP contribution is 2.21. The molecular formula is C21H28N6O2S. The van der Waals surface area contributed by atoms with Crippen LogP contribution in [0.4, 0.5) is 5.82 Å². The zero-order valence-electron chi connectivity index (χ0n) is 18.2. The molecule has 8 nitrogen and oxygen atoms in total. The maximum absolute atomic E-state index is 12.7. The number of hydrogen-bond donors (Lipinski definition) is 2. The first kappa shape index (κ1) is 21.9. The fraction of sp³-hybridized carbons (Fsp3) is 0.381. The Balaban J connectivity index is 1.60. The van der Waals surface area contributed by atoms with Crippen LogP contribution in [0.25, 0.3) is 5.82 Å². The van der Waals surface area contributed by atoms with Crippen LogP contribution < -0.4 is 10.0 Å². The summed E-state index contributed by atoms with van der Waals surface area (Å²) in [4.78, 5) is 0.345. The minimum absolute atomic E-state index is 0.231. The molecule has 2 N–H and O–H groups in total. The Morgan fingerprint density at radius 1 is 0.933 bits per heavy atom. The lowest BCUT2D eigenvalue weighted by Gasteiger charge is -2.13. The summed E-state index contributed by atoms with van der Waals surface area (Å²) in [5.74, 6) is 1.21. The van der Waals surface area contributed by atoms with E-state index in [1.165, 1.54) is 0 Å². The third kappa shape index (κ3) is 4.52. The van der Waals surface area contributed by atoms with E-state index in [1.54, 1.807) is 10.7 Å². The minimum atomic E-state index is -3.58. The molecule has 0 aliphatic rings. The van der Waals surface area contributed by atoms with E-state index in [0.29, 0.717) is 23.1 Å². The predicted octanol–water partition coefficient (Wildman–Crippen LogP) is 2.90. The van der Waals surface area contributed by atoms with Crippen molar-refractivity contribution >= 4 is 15.8 Å². The van der Waals surface area contributed by atoms with Crippen molar-refractivity contribution < 1.29 is 8.42 Å². The van der Waals surface area contributed by atoms with Crippen LogP contribution in [0.1, 0.15) is 33.6 Å². The first-order valence-corrected chi connectivity index (χ1v) is 11.3. The molecule has 0 aliphatic heterocycles. The number of sulfonamides is 1. The van der Waals surface area contributed by atoms with Gasteiger partial charge in [0.2, 0.25) is 10.0 Å². The predicted molar refractivity (Wildman–Crippen MR) is 118 cm³/mol. The summed E-state index contributed by atoms with van der Waals surface area (Å²) >= 11 is 0. The van der Waals surface area contributed by atoms with Crippen molar-refractivity contribution in [3.8, 4) is 5.82 Å². The summed E-state index contributed by atoms with van der Waals surface area (Å²) in [6.45, 7) is 12.2. The zero-order valence-corrected chi connectivity index (χ0v) is 19.1. The van der Waals surface area contributed by atoms with E-state index in [1.807, 2.05) is 59.7 Å². The first-order chi connectivity index (χ1) is 14.1. The van der Waals surface area contributed by atoms with Crippen LogP contribution in [0.3, 0.4) is 0 Å². The molecule has 0 amide bonds. The normalized spacial score (nSPS) is 11.7. The van der Waals surface area contributed by atoms with Gasteiger partial charge in [-0.3, -0.25) is 0 Å². The molecule has 0 bridgehead atoms. The third-order valence-electron chi connectivity index (χ3n) is 5.12. The van der Waals surface area contributed by atoms with E-state index in [0.717, 1.165) is 33.6 Å². The van der Waals surface area contributed by atoms with E-state index >= 15 is 0 Å². The van der Waals surface area contributed by atoms with Gasteiger partial charge >= 0.3 is 0 Å². The van der Waals surface area contributed by atoms with Gasteiger partial charge in [0.1, 0.15) is 5.82 Å². The van der Waals surface area contributed by atoms with Crippen LogP contribution in [-0.4, -0.2) is 41.5 Å². The van der Waals surface area contributed by atoms with Crippen molar-refractivity contribution in [3.63, 3.8) is 0 Å². The van der Waals surface area contributed by atoms with Crippen molar-refractivity contribution in [1.29, 1.82) is 0 Å². The van der Waals surface area contributed by atoms with Gasteiger partial charge in [0.15, 0.2) is 5.82 Å². The Morgan fingerprint density at radius 2 is 1.60 bits per heavy atom. The molecular weight excluding hydrogens is 400 g/mol. The topological polar surface area (TPSA) is 102 Å². The fourth-order valence-corrected chi connectivity index (χ4v) is 5.00. The largest absolute Gasteiger partial charge is 0.367 e. The van der Waals surface area contributed by atoms with Crippen LogP contribution in [0, 0.1) is 41.5 Å². The maximum atomic E-state index is 12.7. The van der Waals surface area contributed by atoms with Gasteiger partial charge in [0.05, 0.1) is 10.6 Å². The number of anilines is 1. The second-order valence-electron chi connectivity index (χ2n) is 7.54. The zero-order chi connectivity index (χ0) is 22.1. The number of rotatable bonds is 7. The van der Waals surface area contributed by atoms with Gasteiger partial charge in [-0.05, 0) is 70.4 Å². The molecule has 0 radical (unpaired) electrons. The molecule has 0 unspecified atom stereocenters. The SMILES string of the molecule is Cc1cc(C)c(S(=O)(=O)NCCNc2ccc(-n3nc(C)c(C)c3C)nn2)c(C)c1. The van der Waals surface area contributed by atoms with Crippen LogP contribution in [0.2, 0.25) is 0 Å². The average Bonchev–Trinajstić information content (AvgIpc) is 2.92. The highest BCUT2D eigenvalue weighted by Gasteiger charge is 2.19. The van der Waals surface area contributed by atoms with Crippen LogP contribution in [0.5, 0.6) is 0 Å². The summed E-state index contributed by atoms with van der Waals surface area (Å²) in [6.07, 6.45) is 0. The summed E-state index contributed by atoms with van der Waals surface area (Å²) in [5, 5.41) is 16.0. The van der Waals surface area contributed by atoms with E-state index in [-0.39, 0.29) is 6.54 Å². The lowest BCUT2D eigenvalue weighted by molar-refractivity contribution is 0.581. The highest BCUT2D eigenvalue weighted by atomic mass is 32.2. The number of hydrogen-bond acceptors (Lipinski definition) is 6.